The van der Waals surface area contributed by atoms with Crippen LogP contribution in [0.5, 0.6) is 0 Å². The van der Waals surface area contributed by atoms with Crippen molar-refractivity contribution in [3.63, 3.8) is 0 Å². The number of halogens is 1. The largest absolute Gasteiger partial charge is 0.342 e. The fraction of sp³-hybridized carbons (Fsp3) is 0.278. The lowest BCUT2D eigenvalue weighted by molar-refractivity contribution is -0.115. The number of hydrogen-bond acceptors (Lipinski definition) is 3. The number of nitrogens with one attached hydrogen (secondary N) is 2. The Balaban J connectivity index is 1.88. The maximum atomic E-state index is 11.9. The number of anilines is 1. The van der Waals surface area contributed by atoms with Gasteiger partial charge in [0.25, 0.3) is 5.91 Å². The lowest BCUT2D eigenvalue weighted by Gasteiger charge is -2.19. The van der Waals surface area contributed by atoms with Gasteiger partial charge in [0.15, 0.2) is 0 Å². The molecule has 2 aromatic rings. The molecule has 2 N–H and O–H groups in total. The molecule has 0 aliphatic carbocycles. The standard InChI is InChI=1S/C18H20ClN3O2/c1-18(2,3)12-4-6-14(7-5-12)22-16(23)11-21-17(24)15-10-13(19)8-9-20-15/h4-10H,11H2,1-3H3,(H,21,24)(H,22,23). The number of nitrogens with zero attached hydrogens (tertiary/aromatic N) is 1. The minimum Gasteiger partial charge on any atom is -0.342 e. The van der Waals surface area contributed by atoms with Crippen molar-refractivity contribution in [2.75, 3.05) is 11.9 Å². The zero-order valence-corrected chi connectivity index (χ0v) is 14.6. The Labute approximate surface area is 146 Å². The van der Waals surface area contributed by atoms with Crippen LogP contribution in [0.1, 0.15) is 36.8 Å². The zero-order chi connectivity index (χ0) is 17.7. The third kappa shape index (κ3) is 5.06. The SMILES string of the molecule is CC(C)(C)c1ccc(NC(=O)CNC(=O)c2cc(Cl)ccn2)cc1. The summed E-state index contributed by atoms with van der Waals surface area (Å²) >= 11 is 5.80. The second kappa shape index (κ2) is 7.45. The van der Waals surface area contributed by atoms with E-state index in [1.54, 1.807) is 6.07 Å². The molecule has 0 aliphatic heterocycles. The average molecular weight is 346 g/mol. The molecule has 0 fully saturated rings. The van der Waals surface area contributed by atoms with Crippen molar-refractivity contribution in [2.24, 2.45) is 0 Å². The van der Waals surface area contributed by atoms with Crippen LogP contribution >= 0.6 is 11.6 Å². The van der Waals surface area contributed by atoms with Gasteiger partial charge in [-0.05, 0) is 35.2 Å². The first-order valence-electron chi connectivity index (χ1n) is 7.56. The average Bonchev–Trinajstić information content (AvgIpc) is 2.52. The first-order valence-corrected chi connectivity index (χ1v) is 7.93. The number of rotatable bonds is 4. The zero-order valence-electron chi connectivity index (χ0n) is 13.9. The van der Waals surface area contributed by atoms with Crippen molar-refractivity contribution >= 4 is 29.1 Å². The van der Waals surface area contributed by atoms with Crippen LogP contribution in [0.4, 0.5) is 5.69 Å². The molecule has 0 saturated carbocycles. The molecular weight excluding hydrogens is 326 g/mol. The molecule has 0 spiro atoms. The number of hydrogen-bond donors (Lipinski definition) is 2. The molecule has 2 rings (SSSR count). The quantitative estimate of drug-likeness (QED) is 0.892. The van der Waals surface area contributed by atoms with Gasteiger partial charge in [-0.3, -0.25) is 14.6 Å². The molecular formula is C18H20ClN3O2. The van der Waals surface area contributed by atoms with Crippen molar-refractivity contribution in [1.82, 2.24) is 10.3 Å². The minimum absolute atomic E-state index is 0.0560. The number of benzene rings is 1. The Morgan fingerprint density at radius 2 is 1.79 bits per heavy atom. The van der Waals surface area contributed by atoms with Crippen LogP contribution in [0.15, 0.2) is 42.6 Å². The van der Waals surface area contributed by atoms with Crippen molar-refractivity contribution in [1.29, 1.82) is 0 Å². The molecule has 1 aromatic heterocycles. The lowest BCUT2D eigenvalue weighted by atomic mass is 9.87. The highest BCUT2D eigenvalue weighted by molar-refractivity contribution is 6.30. The molecule has 0 unspecified atom stereocenters. The van der Waals surface area contributed by atoms with Crippen LogP contribution in [-0.2, 0) is 10.2 Å². The number of amides is 2. The van der Waals surface area contributed by atoms with E-state index in [1.807, 2.05) is 24.3 Å². The highest BCUT2D eigenvalue weighted by Gasteiger charge is 2.13. The van der Waals surface area contributed by atoms with Gasteiger partial charge in [0.05, 0.1) is 6.54 Å². The fourth-order valence-corrected chi connectivity index (χ4v) is 2.20. The predicted molar refractivity (Wildman–Crippen MR) is 95.4 cm³/mol. The van der Waals surface area contributed by atoms with E-state index < -0.39 is 5.91 Å². The highest BCUT2D eigenvalue weighted by atomic mass is 35.5. The highest BCUT2D eigenvalue weighted by Crippen LogP contribution is 2.23. The lowest BCUT2D eigenvalue weighted by Crippen LogP contribution is -2.33. The third-order valence-corrected chi connectivity index (χ3v) is 3.63. The molecule has 0 saturated heterocycles. The van der Waals surface area contributed by atoms with Crippen molar-refractivity contribution in [3.8, 4) is 0 Å². The van der Waals surface area contributed by atoms with Crippen molar-refractivity contribution < 1.29 is 9.59 Å². The number of carbonyl (C=O) groups excluding carboxylic acids is 2. The summed E-state index contributed by atoms with van der Waals surface area (Å²) in [5.41, 5.74) is 2.09. The molecule has 0 atom stereocenters. The maximum Gasteiger partial charge on any atom is 0.270 e. The predicted octanol–water partition coefficient (Wildman–Crippen LogP) is 3.40. The van der Waals surface area contributed by atoms with E-state index in [1.165, 1.54) is 17.8 Å². The van der Waals surface area contributed by atoms with Crippen LogP contribution in [-0.4, -0.2) is 23.3 Å². The monoisotopic (exact) mass is 345 g/mol. The summed E-state index contributed by atoms with van der Waals surface area (Å²) in [5, 5.41) is 5.66. The Kier molecular flexibility index (Phi) is 5.57. The summed E-state index contributed by atoms with van der Waals surface area (Å²) in [5.74, 6) is -0.760. The first-order chi connectivity index (χ1) is 11.3. The van der Waals surface area contributed by atoms with Crippen molar-refractivity contribution in [3.05, 3.63) is 58.9 Å². The van der Waals surface area contributed by atoms with Crippen molar-refractivity contribution in [2.45, 2.75) is 26.2 Å². The summed E-state index contributed by atoms with van der Waals surface area (Å²) in [6, 6.07) is 10.7. The van der Waals surface area contributed by atoms with Crippen LogP contribution in [0.3, 0.4) is 0 Å². The number of pyridine rings is 1. The van der Waals surface area contributed by atoms with E-state index in [0.717, 1.165) is 0 Å². The van der Waals surface area contributed by atoms with Gasteiger partial charge in [-0.25, -0.2) is 0 Å². The van der Waals surface area contributed by atoms with Crippen LogP contribution in [0.25, 0.3) is 0 Å². The van der Waals surface area contributed by atoms with E-state index in [0.29, 0.717) is 10.7 Å². The second-order valence-corrected chi connectivity index (χ2v) is 6.85. The van der Waals surface area contributed by atoms with Gasteiger partial charge >= 0.3 is 0 Å². The molecule has 24 heavy (non-hydrogen) atoms. The summed E-state index contributed by atoms with van der Waals surface area (Å²) in [7, 11) is 0. The van der Waals surface area contributed by atoms with Gasteiger partial charge in [0, 0.05) is 16.9 Å². The third-order valence-electron chi connectivity index (χ3n) is 3.40. The van der Waals surface area contributed by atoms with E-state index >= 15 is 0 Å². The van der Waals surface area contributed by atoms with Crippen LogP contribution < -0.4 is 10.6 Å². The Morgan fingerprint density at radius 1 is 1.12 bits per heavy atom. The minimum atomic E-state index is -0.448. The molecule has 126 valence electrons. The number of carbonyl (C=O) groups is 2. The molecule has 0 aliphatic rings. The Hall–Kier alpha value is -2.40. The Bertz CT molecular complexity index is 737. The fourth-order valence-electron chi connectivity index (χ4n) is 2.04. The van der Waals surface area contributed by atoms with E-state index in [2.05, 4.69) is 36.4 Å². The van der Waals surface area contributed by atoms with Gasteiger partial charge < -0.3 is 10.6 Å². The normalized spacial score (nSPS) is 11.0. The molecule has 0 radical (unpaired) electrons. The van der Waals surface area contributed by atoms with Gasteiger partial charge in [-0.15, -0.1) is 0 Å². The molecule has 6 heteroatoms. The summed E-state index contributed by atoms with van der Waals surface area (Å²) < 4.78 is 0. The summed E-state index contributed by atoms with van der Waals surface area (Å²) in [4.78, 5) is 27.7. The van der Waals surface area contributed by atoms with Gasteiger partial charge in [-0.1, -0.05) is 44.5 Å². The van der Waals surface area contributed by atoms with E-state index in [4.69, 9.17) is 11.6 Å². The van der Waals surface area contributed by atoms with E-state index in [-0.39, 0.29) is 23.6 Å². The molecule has 0 bridgehead atoms. The summed E-state index contributed by atoms with van der Waals surface area (Å²) in [6.07, 6.45) is 1.44. The van der Waals surface area contributed by atoms with Gasteiger partial charge in [0.1, 0.15) is 5.69 Å². The molecule has 5 nitrogen and oxygen atoms in total. The van der Waals surface area contributed by atoms with Crippen LogP contribution in [0, 0.1) is 0 Å². The first kappa shape index (κ1) is 17.9. The van der Waals surface area contributed by atoms with Crippen LogP contribution in [0.2, 0.25) is 5.02 Å². The summed E-state index contributed by atoms with van der Waals surface area (Å²) in [6.45, 7) is 6.23. The number of aromatic nitrogens is 1. The molecule has 2 amide bonds. The van der Waals surface area contributed by atoms with E-state index in [9.17, 15) is 9.59 Å². The maximum absolute atomic E-state index is 11.9. The topological polar surface area (TPSA) is 71.1 Å². The van der Waals surface area contributed by atoms with Gasteiger partial charge in [-0.2, -0.15) is 0 Å². The molecule has 1 aromatic carbocycles. The second-order valence-electron chi connectivity index (χ2n) is 6.42. The Morgan fingerprint density at radius 3 is 2.38 bits per heavy atom. The smallest absolute Gasteiger partial charge is 0.270 e. The molecule has 1 heterocycles. The van der Waals surface area contributed by atoms with Gasteiger partial charge in [0.2, 0.25) is 5.91 Å².